The van der Waals surface area contributed by atoms with Crippen LogP contribution in [0.15, 0.2) is 48.5 Å². The third-order valence-electron chi connectivity index (χ3n) is 3.58. The van der Waals surface area contributed by atoms with Gasteiger partial charge in [-0.2, -0.15) is 4.98 Å². The molecule has 2 aromatic carbocycles. The second-order valence-corrected chi connectivity index (χ2v) is 5.27. The molecule has 25 heavy (non-hydrogen) atoms. The maximum Gasteiger partial charge on any atom is 0.336 e. The lowest BCUT2D eigenvalue weighted by Gasteiger charge is -2.09. The molecule has 1 heterocycles. The molecule has 0 saturated heterocycles. The first kappa shape index (κ1) is 16.6. The zero-order valence-corrected chi connectivity index (χ0v) is 13.9. The monoisotopic (exact) mass is 340 g/mol. The molecule has 3 aromatic rings. The number of benzene rings is 2. The predicted molar refractivity (Wildman–Crippen MR) is 92.2 cm³/mol. The first-order chi connectivity index (χ1) is 12.1. The minimum atomic E-state index is -0.408. The van der Waals surface area contributed by atoms with Crippen LogP contribution in [0.25, 0.3) is 17.1 Å². The van der Waals surface area contributed by atoms with E-state index in [1.54, 1.807) is 49.4 Å². The number of amides is 1. The maximum atomic E-state index is 14.2. The molecule has 1 amide bonds. The summed E-state index contributed by atoms with van der Waals surface area (Å²) in [6.07, 6.45) is 0.377. The van der Waals surface area contributed by atoms with Crippen LogP contribution in [0, 0.1) is 5.82 Å². The molecule has 0 aliphatic rings. The van der Waals surface area contributed by atoms with Crippen molar-refractivity contribution in [1.82, 2.24) is 14.8 Å². The quantitative estimate of drug-likeness (QED) is 0.772. The summed E-state index contributed by atoms with van der Waals surface area (Å²) in [5.74, 6) is -0.189. The molecule has 3 rings (SSSR count). The largest absolute Gasteiger partial charge is 0.466 e. The zero-order valence-electron chi connectivity index (χ0n) is 13.9. The van der Waals surface area contributed by atoms with E-state index in [2.05, 4.69) is 15.4 Å². The molecule has 0 atom stereocenters. The Morgan fingerprint density at radius 1 is 1.24 bits per heavy atom. The van der Waals surface area contributed by atoms with E-state index >= 15 is 0 Å². The molecule has 0 saturated carbocycles. The summed E-state index contributed by atoms with van der Waals surface area (Å²) < 4.78 is 20.8. The smallest absolute Gasteiger partial charge is 0.336 e. The van der Waals surface area contributed by atoms with Crippen LogP contribution in [0.4, 0.5) is 10.1 Å². The van der Waals surface area contributed by atoms with Crippen molar-refractivity contribution in [3.05, 3.63) is 54.3 Å². The number of hydrogen-bond acceptors (Lipinski definition) is 4. The standard InChI is InChI=1S/C18H17FN4O2/c1-3-16(24)20-12-7-6-8-13(11-12)23-17(21-18(22-23)25-2)14-9-4-5-10-15(14)19/h4-11H,3H2,1-2H3,(H,20,24). The van der Waals surface area contributed by atoms with Gasteiger partial charge in [-0.15, -0.1) is 5.10 Å². The molecule has 0 spiro atoms. The van der Waals surface area contributed by atoms with Crippen LogP contribution in [0.1, 0.15) is 13.3 Å². The summed E-state index contributed by atoms with van der Waals surface area (Å²) in [5, 5.41) is 7.05. The van der Waals surface area contributed by atoms with Crippen molar-refractivity contribution in [2.75, 3.05) is 12.4 Å². The number of nitrogens with one attached hydrogen (secondary N) is 1. The number of ether oxygens (including phenoxy) is 1. The Kier molecular flexibility index (Phi) is 4.74. The highest BCUT2D eigenvalue weighted by molar-refractivity contribution is 5.90. The zero-order chi connectivity index (χ0) is 17.8. The Balaban J connectivity index is 2.08. The number of rotatable bonds is 5. The van der Waals surface area contributed by atoms with Crippen LogP contribution in [-0.4, -0.2) is 27.8 Å². The fourth-order valence-electron chi connectivity index (χ4n) is 2.34. The van der Waals surface area contributed by atoms with Crippen LogP contribution >= 0.6 is 0 Å². The van der Waals surface area contributed by atoms with E-state index in [0.717, 1.165) is 0 Å². The van der Waals surface area contributed by atoms with E-state index in [1.807, 2.05) is 0 Å². The summed E-state index contributed by atoms with van der Waals surface area (Å²) >= 11 is 0. The first-order valence-electron chi connectivity index (χ1n) is 7.78. The lowest BCUT2D eigenvalue weighted by molar-refractivity contribution is -0.115. The van der Waals surface area contributed by atoms with Crippen LogP contribution in [0.2, 0.25) is 0 Å². The lowest BCUT2D eigenvalue weighted by atomic mass is 10.2. The van der Waals surface area contributed by atoms with Crippen LogP contribution < -0.4 is 10.1 Å². The number of carbonyl (C=O) groups is 1. The molecular weight excluding hydrogens is 323 g/mol. The van der Waals surface area contributed by atoms with Gasteiger partial charge < -0.3 is 10.1 Å². The van der Waals surface area contributed by atoms with E-state index in [0.29, 0.717) is 29.2 Å². The highest BCUT2D eigenvalue weighted by atomic mass is 19.1. The second-order valence-electron chi connectivity index (χ2n) is 5.27. The van der Waals surface area contributed by atoms with Gasteiger partial charge in [-0.3, -0.25) is 4.79 Å². The van der Waals surface area contributed by atoms with Gasteiger partial charge >= 0.3 is 6.01 Å². The number of anilines is 1. The minimum Gasteiger partial charge on any atom is -0.466 e. The SMILES string of the molecule is CCC(=O)Nc1cccc(-n2nc(OC)nc2-c2ccccc2F)c1. The molecule has 0 aliphatic heterocycles. The van der Waals surface area contributed by atoms with Crippen molar-refractivity contribution < 1.29 is 13.9 Å². The Morgan fingerprint density at radius 3 is 2.76 bits per heavy atom. The molecule has 128 valence electrons. The van der Waals surface area contributed by atoms with Crippen molar-refractivity contribution in [2.24, 2.45) is 0 Å². The summed E-state index contributed by atoms with van der Waals surface area (Å²) in [7, 11) is 1.45. The molecule has 7 heteroatoms. The fourth-order valence-corrected chi connectivity index (χ4v) is 2.34. The van der Waals surface area contributed by atoms with Gasteiger partial charge in [-0.05, 0) is 30.3 Å². The first-order valence-corrected chi connectivity index (χ1v) is 7.78. The van der Waals surface area contributed by atoms with Crippen molar-refractivity contribution in [3.8, 4) is 23.1 Å². The molecule has 0 unspecified atom stereocenters. The van der Waals surface area contributed by atoms with E-state index < -0.39 is 5.82 Å². The molecule has 0 radical (unpaired) electrons. The molecule has 6 nitrogen and oxygen atoms in total. The third-order valence-corrected chi connectivity index (χ3v) is 3.58. The van der Waals surface area contributed by atoms with Crippen molar-refractivity contribution in [1.29, 1.82) is 0 Å². The summed E-state index contributed by atoms with van der Waals surface area (Å²) in [5.41, 5.74) is 1.56. The van der Waals surface area contributed by atoms with E-state index in [-0.39, 0.29) is 11.9 Å². The Labute approximate surface area is 144 Å². The highest BCUT2D eigenvalue weighted by Gasteiger charge is 2.17. The average molecular weight is 340 g/mol. The normalized spacial score (nSPS) is 10.5. The lowest BCUT2D eigenvalue weighted by Crippen LogP contribution is -2.10. The second kappa shape index (κ2) is 7.12. The molecule has 0 fully saturated rings. The fraction of sp³-hybridized carbons (Fsp3) is 0.167. The maximum absolute atomic E-state index is 14.2. The van der Waals surface area contributed by atoms with Gasteiger partial charge in [-0.1, -0.05) is 25.1 Å². The van der Waals surface area contributed by atoms with Crippen molar-refractivity contribution in [2.45, 2.75) is 13.3 Å². The predicted octanol–water partition coefficient (Wildman–Crippen LogP) is 3.43. The number of carbonyl (C=O) groups excluding carboxylic acids is 1. The van der Waals surface area contributed by atoms with Crippen molar-refractivity contribution in [3.63, 3.8) is 0 Å². The van der Waals surface area contributed by atoms with Gasteiger partial charge in [0.05, 0.1) is 18.4 Å². The van der Waals surface area contributed by atoms with Gasteiger partial charge in [0.25, 0.3) is 0 Å². The minimum absolute atomic E-state index is 0.0948. The van der Waals surface area contributed by atoms with Gasteiger partial charge in [0, 0.05) is 12.1 Å². The van der Waals surface area contributed by atoms with Gasteiger partial charge in [0.1, 0.15) is 5.82 Å². The molecule has 1 aromatic heterocycles. The molecule has 0 bridgehead atoms. The summed E-state index contributed by atoms with van der Waals surface area (Å²) in [6.45, 7) is 1.78. The average Bonchev–Trinajstić information content (AvgIpc) is 3.06. The van der Waals surface area contributed by atoms with Crippen LogP contribution in [-0.2, 0) is 4.79 Å². The van der Waals surface area contributed by atoms with Crippen LogP contribution in [0.5, 0.6) is 6.01 Å². The van der Waals surface area contributed by atoms with Gasteiger partial charge in [-0.25, -0.2) is 9.07 Å². The number of halogens is 1. The number of methoxy groups -OCH3 is 1. The van der Waals surface area contributed by atoms with Crippen molar-refractivity contribution >= 4 is 11.6 Å². The molecule has 1 N–H and O–H groups in total. The topological polar surface area (TPSA) is 69.0 Å². The van der Waals surface area contributed by atoms with E-state index in [9.17, 15) is 9.18 Å². The molecule has 0 aliphatic carbocycles. The van der Waals surface area contributed by atoms with E-state index in [1.165, 1.54) is 17.9 Å². The van der Waals surface area contributed by atoms with Crippen LogP contribution in [0.3, 0.4) is 0 Å². The third kappa shape index (κ3) is 3.50. The number of hydrogen-bond donors (Lipinski definition) is 1. The highest BCUT2D eigenvalue weighted by Crippen LogP contribution is 2.26. The summed E-state index contributed by atoms with van der Waals surface area (Å²) in [6, 6.07) is 13.5. The number of nitrogens with zero attached hydrogens (tertiary/aromatic N) is 3. The van der Waals surface area contributed by atoms with Gasteiger partial charge in [0.2, 0.25) is 5.91 Å². The Morgan fingerprint density at radius 2 is 2.04 bits per heavy atom. The molecular formula is C18H17FN4O2. The number of aromatic nitrogens is 3. The Bertz CT molecular complexity index is 908. The van der Waals surface area contributed by atoms with Gasteiger partial charge in [0.15, 0.2) is 5.82 Å². The Hall–Kier alpha value is -3.22. The van der Waals surface area contributed by atoms with E-state index in [4.69, 9.17) is 4.74 Å². The summed E-state index contributed by atoms with van der Waals surface area (Å²) in [4.78, 5) is 15.8.